The molecule has 0 spiro atoms. The summed E-state index contributed by atoms with van der Waals surface area (Å²) in [7, 11) is -2.11. The Hall–Kier alpha value is -2.68. The molecule has 3 aromatic rings. The maximum absolute atomic E-state index is 12.2. The van der Waals surface area contributed by atoms with Crippen molar-refractivity contribution in [3.63, 3.8) is 0 Å². The SMILES string of the molecule is CNS(=O)(=O)c1ccc2c(c1)N(c1cc(Nc3ccc(Cl)cc3)ncn1)CC2. The van der Waals surface area contributed by atoms with Crippen molar-refractivity contribution in [3.8, 4) is 0 Å². The minimum Gasteiger partial charge on any atom is -0.340 e. The van der Waals surface area contributed by atoms with Gasteiger partial charge in [-0.1, -0.05) is 17.7 Å². The van der Waals surface area contributed by atoms with Gasteiger partial charge in [0, 0.05) is 29.0 Å². The van der Waals surface area contributed by atoms with Gasteiger partial charge in [0.25, 0.3) is 0 Å². The van der Waals surface area contributed by atoms with Crippen LogP contribution in [0.5, 0.6) is 0 Å². The summed E-state index contributed by atoms with van der Waals surface area (Å²) >= 11 is 5.92. The van der Waals surface area contributed by atoms with Crippen molar-refractivity contribution in [2.24, 2.45) is 0 Å². The van der Waals surface area contributed by atoms with Crippen LogP contribution in [0.25, 0.3) is 0 Å². The Morgan fingerprint density at radius 3 is 2.61 bits per heavy atom. The summed E-state index contributed by atoms with van der Waals surface area (Å²) in [5.74, 6) is 1.34. The summed E-state index contributed by atoms with van der Waals surface area (Å²) in [5, 5.41) is 3.88. The van der Waals surface area contributed by atoms with Gasteiger partial charge in [0.1, 0.15) is 18.0 Å². The molecule has 7 nitrogen and oxygen atoms in total. The van der Waals surface area contributed by atoms with Gasteiger partial charge in [0.05, 0.1) is 4.90 Å². The standard InChI is InChI=1S/C19H18ClN5O2S/c1-21-28(26,27)16-7-2-13-8-9-25(17(13)10-16)19-11-18(22-12-23-19)24-15-5-3-14(20)4-6-15/h2-7,10-12,21H,8-9H2,1H3,(H,22,23,24). The van der Waals surface area contributed by atoms with Crippen LogP contribution in [-0.2, 0) is 16.4 Å². The van der Waals surface area contributed by atoms with Crippen molar-refractivity contribution < 1.29 is 8.42 Å². The number of sulfonamides is 1. The fourth-order valence-electron chi connectivity index (χ4n) is 3.13. The van der Waals surface area contributed by atoms with Crippen LogP contribution in [0.2, 0.25) is 5.02 Å². The number of fused-ring (bicyclic) bond motifs is 1. The van der Waals surface area contributed by atoms with Gasteiger partial charge in [-0.2, -0.15) is 0 Å². The third-order valence-electron chi connectivity index (χ3n) is 4.58. The maximum atomic E-state index is 12.2. The molecule has 0 radical (unpaired) electrons. The van der Waals surface area contributed by atoms with Gasteiger partial charge in [-0.05, 0) is 55.4 Å². The van der Waals surface area contributed by atoms with Crippen molar-refractivity contribution in [2.45, 2.75) is 11.3 Å². The fourth-order valence-corrected chi connectivity index (χ4v) is 4.00. The molecule has 0 bridgehead atoms. The van der Waals surface area contributed by atoms with Crippen molar-refractivity contribution in [3.05, 3.63) is 65.4 Å². The molecular weight excluding hydrogens is 398 g/mol. The van der Waals surface area contributed by atoms with Gasteiger partial charge >= 0.3 is 0 Å². The Morgan fingerprint density at radius 2 is 1.86 bits per heavy atom. The van der Waals surface area contributed by atoms with Crippen LogP contribution in [0, 0.1) is 0 Å². The first-order valence-corrected chi connectivity index (χ1v) is 10.5. The lowest BCUT2D eigenvalue weighted by molar-refractivity contribution is 0.588. The number of rotatable bonds is 5. The average molecular weight is 416 g/mol. The van der Waals surface area contributed by atoms with E-state index in [4.69, 9.17) is 11.6 Å². The molecule has 0 aliphatic carbocycles. The molecule has 0 atom stereocenters. The number of nitrogens with one attached hydrogen (secondary N) is 2. The van der Waals surface area contributed by atoms with E-state index >= 15 is 0 Å². The van der Waals surface area contributed by atoms with E-state index in [1.807, 2.05) is 29.2 Å². The third-order valence-corrected chi connectivity index (χ3v) is 6.24. The van der Waals surface area contributed by atoms with Crippen molar-refractivity contribution in [1.29, 1.82) is 0 Å². The van der Waals surface area contributed by atoms with E-state index in [1.54, 1.807) is 24.3 Å². The van der Waals surface area contributed by atoms with Crippen molar-refractivity contribution >= 4 is 44.6 Å². The van der Waals surface area contributed by atoms with Gasteiger partial charge in [-0.3, -0.25) is 0 Å². The second-order valence-electron chi connectivity index (χ2n) is 6.29. The average Bonchev–Trinajstić information content (AvgIpc) is 3.13. The molecule has 9 heteroatoms. The van der Waals surface area contributed by atoms with Crippen LogP contribution in [0.15, 0.2) is 59.8 Å². The minimum absolute atomic E-state index is 0.231. The van der Waals surface area contributed by atoms with Crippen LogP contribution in [0.3, 0.4) is 0 Å². The van der Waals surface area contributed by atoms with Crippen molar-refractivity contribution in [2.75, 3.05) is 23.8 Å². The molecule has 0 fully saturated rings. The number of hydrogen-bond acceptors (Lipinski definition) is 6. The number of halogens is 1. The summed E-state index contributed by atoms with van der Waals surface area (Å²) < 4.78 is 26.7. The molecule has 0 unspecified atom stereocenters. The largest absolute Gasteiger partial charge is 0.340 e. The van der Waals surface area contributed by atoms with Crippen LogP contribution < -0.4 is 14.9 Å². The van der Waals surface area contributed by atoms with E-state index in [1.165, 1.54) is 13.4 Å². The molecule has 2 heterocycles. The normalized spacial score (nSPS) is 13.4. The quantitative estimate of drug-likeness (QED) is 0.663. The van der Waals surface area contributed by atoms with E-state index in [0.29, 0.717) is 16.7 Å². The summed E-state index contributed by atoms with van der Waals surface area (Å²) in [6.07, 6.45) is 2.30. The molecule has 1 aliphatic rings. The van der Waals surface area contributed by atoms with E-state index < -0.39 is 10.0 Å². The highest BCUT2D eigenvalue weighted by Crippen LogP contribution is 2.35. The number of anilines is 4. The van der Waals surface area contributed by atoms with Crippen LogP contribution in [-0.4, -0.2) is 32.0 Å². The maximum Gasteiger partial charge on any atom is 0.240 e. The Bertz CT molecular complexity index is 1120. The third kappa shape index (κ3) is 3.66. The molecule has 2 N–H and O–H groups in total. The van der Waals surface area contributed by atoms with Crippen molar-refractivity contribution in [1.82, 2.24) is 14.7 Å². The first-order valence-electron chi connectivity index (χ1n) is 8.65. The van der Waals surface area contributed by atoms with Crippen LogP contribution >= 0.6 is 11.6 Å². The molecular formula is C19H18ClN5O2S. The van der Waals surface area contributed by atoms with E-state index in [0.717, 1.165) is 29.9 Å². The van der Waals surface area contributed by atoms with Gasteiger partial charge in [0.15, 0.2) is 0 Å². The molecule has 0 saturated carbocycles. The minimum atomic E-state index is -3.51. The van der Waals surface area contributed by atoms with E-state index in [-0.39, 0.29) is 4.90 Å². The lowest BCUT2D eigenvalue weighted by Crippen LogP contribution is -2.19. The summed E-state index contributed by atoms with van der Waals surface area (Å²) in [5.41, 5.74) is 2.78. The molecule has 144 valence electrons. The predicted molar refractivity (Wildman–Crippen MR) is 110 cm³/mol. The number of benzene rings is 2. The van der Waals surface area contributed by atoms with Crippen LogP contribution in [0.1, 0.15) is 5.56 Å². The summed E-state index contributed by atoms with van der Waals surface area (Å²) in [6, 6.07) is 14.3. The zero-order valence-corrected chi connectivity index (χ0v) is 16.6. The molecule has 0 amide bonds. The second-order valence-corrected chi connectivity index (χ2v) is 8.62. The zero-order chi connectivity index (χ0) is 19.7. The highest BCUT2D eigenvalue weighted by atomic mass is 35.5. The molecule has 1 aliphatic heterocycles. The Labute approximate surface area is 168 Å². The summed E-state index contributed by atoms with van der Waals surface area (Å²) in [4.78, 5) is 10.9. The van der Waals surface area contributed by atoms with E-state index in [9.17, 15) is 8.42 Å². The molecule has 4 rings (SSSR count). The smallest absolute Gasteiger partial charge is 0.240 e. The second kappa shape index (κ2) is 7.38. The topological polar surface area (TPSA) is 87.2 Å². The molecule has 2 aromatic carbocycles. The lowest BCUT2D eigenvalue weighted by atomic mass is 10.2. The van der Waals surface area contributed by atoms with Crippen LogP contribution in [0.4, 0.5) is 23.0 Å². The van der Waals surface area contributed by atoms with E-state index in [2.05, 4.69) is 20.0 Å². The highest BCUT2D eigenvalue weighted by Gasteiger charge is 2.24. The molecule has 28 heavy (non-hydrogen) atoms. The Morgan fingerprint density at radius 1 is 1.07 bits per heavy atom. The first kappa shape index (κ1) is 18.7. The number of aromatic nitrogens is 2. The monoisotopic (exact) mass is 415 g/mol. The first-order chi connectivity index (χ1) is 13.5. The summed E-state index contributed by atoms with van der Waals surface area (Å²) in [6.45, 7) is 0.718. The Balaban J connectivity index is 1.65. The van der Waals surface area contributed by atoms with Gasteiger partial charge in [0.2, 0.25) is 10.0 Å². The molecule has 0 saturated heterocycles. The molecule has 1 aromatic heterocycles. The Kier molecular flexibility index (Phi) is 4.92. The number of nitrogens with zero attached hydrogens (tertiary/aromatic N) is 3. The van der Waals surface area contributed by atoms with Gasteiger partial charge in [-0.15, -0.1) is 0 Å². The van der Waals surface area contributed by atoms with Gasteiger partial charge < -0.3 is 10.2 Å². The fraction of sp³-hybridized carbons (Fsp3) is 0.158. The predicted octanol–water partition coefficient (Wildman–Crippen LogP) is 3.48. The zero-order valence-electron chi connectivity index (χ0n) is 15.1. The highest BCUT2D eigenvalue weighted by molar-refractivity contribution is 7.89. The lowest BCUT2D eigenvalue weighted by Gasteiger charge is -2.19. The number of hydrogen-bond donors (Lipinski definition) is 2. The van der Waals surface area contributed by atoms with Gasteiger partial charge in [-0.25, -0.2) is 23.1 Å².